The lowest BCUT2D eigenvalue weighted by Crippen LogP contribution is -1.86. The van der Waals surface area contributed by atoms with E-state index in [2.05, 4.69) is 104 Å². The van der Waals surface area contributed by atoms with Crippen LogP contribution in [0.1, 0.15) is 26.0 Å². The predicted octanol–water partition coefficient (Wildman–Crippen LogP) is 9.76. The van der Waals surface area contributed by atoms with E-state index < -0.39 is 0 Å². The number of aromatic nitrogens is 3. The molecule has 3 nitrogen and oxygen atoms in total. The van der Waals surface area contributed by atoms with Gasteiger partial charge in [-0.1, -0.05) is 0 Å². The van der Waals surface area contributed by atoms with Gasteiger partial charge in [0.1, 0.15) is 0 Å². The first-order valence-corrected chi connectivity index (χ1v) is 14.3. The second kappa shape index (κ2) is 8.30. The summed E-state index contributed by atoms with van der Waals surface area (Å²) in [6, 6.07) is 22.0. The monoisotopic (exact) mass is 521 g/mol. The van der Waals surface area contributed by atoms with Gasteiger partial charge in [0.15, 0.2) is 0 Å². The Morgan fingerprint density at radius 1 is 0.472 bits per heavy atom. The zero-order chi connectivity index (χ0) is 24.4. The molecule has 0 atom stereocenters. The Morgan fingerprint density at radius 3 is 1.19 bits per heavy atom. The molecule has 1 aliphatic heterocycles. The molecule has 0 aromatic carbocycles. The van der Waals surface area contributed by atoms with Crippen LogP contribution in [0.3, 0.4) is 0 Å². The number of rotatable bonds is 3. The van der Waals surface area contributed by atoms with Gasteiger partial charge >= 0.3 is 0 Å². The molecule has 0 unspecified atom stereocenters. The van der Waals surface area contributed by atoms with E-state index in [0.29, 0.717) is 0 Å². The molecule has 7 heterocycles. The lowest BCUT2D eigenvalue weighted by atomic mass is 10.1. The van der Waals surface area contributed by atoms with Gasteiger partial charge < -0.3 is 9.97 Å². The van der Waals surface area contributed by atoms with Gasteiger partial charge in [0.2, 0.25) is 0 Å². The summed E-state index contributed by atoms with van der Waals surface area (Å²) in [6.07, 6.45) is 4.32. The van der Waals surface area contributed by atoms with E-state index in [9.17, 15) is 0 Å². The Labute approximate surface area is 221 Å². The predicted molar refractivity (Wildman–Crippen MR) is 159 cm³/mol. The van der Waals surface area contributed by atoms with E-state index in [0.717, 1.165) is 44.6 Å². The zero-order valence-corrected chi connectivity index (χ0v) is 22.5. The smallest absolute Gasteiger partial charge is 0.0745 e. The van der Waals surface area contributed by atoms with Crippen molar-refractivity contribution in [3.05, 3.63) is 86.7 Å². The van der Waals surface area contributed by atoms with Crippen molar-refractivity contribution in [2.45, 2.75) is 20.8 Å². The summed E-state index contributed by atoms with van der Waals surface area (Å²) in [5, 5.41) is 0. The molecule has 0 spiro atoms. The minimum atomic E-state index is 0.992. The molecule has 2 N–H and O–H groups in total. The van der Waals surface area contributed by atoms with Crippen molar-refractivity contribution in [2.24, 2.45) is 0 Å². The molecule has 176 valence electrons. The van der Waals surface area contributed by atoms with Gasteiger partial charge in [0, 0.05) is 68.0 Å². The Kier molecular flexibility index (Phi) is 5.03. The van der Waals surface area contributed by atoms with E-state index in [1.807, 2.05) is 34.0 Å². The number of hydrogen-bond acceptors (Lipinski definition) is 4. The van der Waals surface area contributed by atoms with Crippen LogP contribution >= 0.6 is 34.0 Å². The van der Waals surface area contributed by atoms with Crippen molar-refractivity contribution in [3.63, 3.8) is 0 Å². The highest BCUT2D eigenvalue weighted by atomic mass is 32.1. The van der Waals surface area contributed by atoms with Crippen LogP contribution in [0.5, 0.6) is 0 Å². The maximum absolute atomic E-state index is 5.22. The number of fused-ring (bicyclic) bond motifs is 6. The van der Waals surface area contributed by atoms with Gasteiger partial charge in [-0.05, 0) is 93.6 Å². The number of nitrogens with one attached hydrogen (secondary N) is 2. The van der Waals surface area contributed by atoms with Crippen LogP contribution in [0.15, 0.2) is 60.7 Å². The Bertz CT molecular complexity index is 1770. The average molecular weight is 522 g/mol. The highest BCUT2D eigenvalue weighted by Gasteiger charge is 2.18. The largest absolute Gasteiger partial charge is 0.354 e. The molecule has 1 aliphatic rings. The van der Waals surface area contributed by atoms with E-state index in [-0.39, 0.29) is 0 Å². The third-order valence-electron chi connectivity index (χ3n) is 6.56. The van der Waals surface area contributed by atoms with Gasteiger partial charge in [0.05, 0.1) is 11.4 Å². The Morgan fingerprint density at radius 2 is 0.833 bits per heavy atom. The van der Waals surface area contributed by atoms with E-state index in [4.69, 9.17) is 4.98 Å². The van der Waals surface area contributed by atoms with E-state index in [1.54, 1.807) is 0 Å². The van der Waals surface area contributed by atoms with Gasteiger partial charge in [-0.25, -0.2) is 4.98 Å². The number of nitrogens with zero attached hydrogens (tertiary/aromatic N) is 1. The zero-order valence-electron chi connectivity index (χ0n) is 20.1. The number of hydrogen-bond donors (Lipinski definition) is 2. The van der Waals surface area contributed by atoms with Crippen LogP contribution < -0.4 is 0 Å². The Hall–Kier alpha value is -3.45. The first-order valence-electron chi connectivity index (χ1n) is 11.9. The molecule has 0 amide bonds. The fourth-order valence-electron chi connectivity index (χ4n) is 4.93. The van der Waals surface area contributed by atoms with Crippen molar-refractivity contribution in [1.82, 2.24) is 15.0 Å². The fourth-order valence-corrected chi connectivity index (χ4v) is 7.74. The summed E-state index contributed by atoms with van der Waals surface area (Å²) in [5.74, 6) is 0. The average Bonchev–Trinajstić information content (AvgIpc) is 3.67. The van der Waals surface area contributed by atoms with E-state index in [1.165, 1.54) is 34.8 Å². The van der Waals surface area contributed by atoms with Gasteiger partial charge in [-0.3, -0.25) is 0 Å². The lowest BCUT2D eigenvalue weighted by molar-refractivity contribution is 1.32. The molecule has 36 heavy (non-hydrogen) atoms. The van der Waals surface area contributed by atoms with Gasteiger partial charge in [-0.2, -0.15) is 0 Å². The Balaban J connectivity index is 1.68. The topological polar surface area (TPSA) is 44.5 Å². The minimum Gasteiger partial charge on any atom is -0.354 e. The SMILES string of the molecule is Cc1ccc(-c2c3nc(c(-c4ccc(C)s4)c4ccc([nH]4)c(-c4ccc(C)s4)c4ccc2[nH]4)C=C3)s1. The molecule has 0 fully saturated rings. The molecule has 0 saturated carbocycles. The molecule has 0 saturated heterocycles. The van der Waals surface area contributed by atoms with Gasteiger partial charge in [0.25, 0.3) is 0 Å². The normalized spacial score (nSPS) is 12.2. The fraction of sp³-hybridized carbons (Fsp3) is 0.100. The van der Waals surface area contributed by atoms with Crippen molar-refractivity contribution in [2.75, 3.05) is 0 Å². The lowest BCUT2D eigenvalue weighted by Gasteiger charge is -2.03. The molecule has 7 rings (SSSR count). The van der Waals surface area contributed by atoms with Crippen molar-refractivity contribution >= 4 is 68.2 Å². The van der Waals surface area contributed by atoms with Gasteiger partial charge in [-0.15, -0.1) is 34.0 Å². The first-order chi connectivity index (χ1) is 17.5. The van der Waals surface area contributed by atoms with Crippen molar-refractivity contribution in [3.8, 4) is 31.3 Å². The molecule has 6 heteroatoms. The third-order valence-corrected chi connectivity index (χ3v) is 9.62. The van der Waals surface area contributed by atoms with Crippen LogP contribution in [-0.2, 0) is 0 Å². The molecule has 6 aromatic heterocycles. The second-order valence-electron chi connectivity index (χ2n) is 9.14. The molecular weight excluding hydrogens is 499 g/mol. The van der Waals surface area contributed by atoms with Crippen LogP contribution in [0.4, 0.5) is 0 Å². The van der Waals surface area contributed by atoms with Crippen LogP contribution in [-0.4, -0.2) is 15.0 Å². The highest BCUT2D eigenvalue weighted by Crippen LogP contribution is 2.40. The van der Waals surface area contributed by atoms with Crippen LogP contribution in [0.25, 0.3) is 65.5 Å². The standard InChI is InChI=1S/C30H23N3S3/c1-16-4-13-25(34-16)28-19-7-9-21(31-19)29(26-14-5-17(2)35-26)23-11-12-24(33-23)30(22-10-8-20(28)32-22)27-15-6-18(3)36-27/h4-15,31-32H,1-3H3. The summed E-state index contributed by atoms with van der Waals surface area (Å²) in [6.45, 7) is 6.48. The summed E-state index contributed by atoms with van der Waals surface area (Å²) in [7, 11) is 0. The highest BCUT2D eigenvalue weighted by molar-refractivity contribution is 7.16. The maximum Gasteiger partial charge on any atom is 0.0745 e. The van der Waals surface area contributed by atoms with Crippen LogP contribution in [0, 0.1) is 20.8 Å². The van der Waals surface area contributed by atoms with Crippen molar-refractivity contribution in [1.29, 1.82) is 0 Å². The minimum absolute atomic E-state index is 0.992. The number of thiophene rings is 3. The maximum atomic E-state index is 5.22. The first kappa shape index (κ1) is 21.8. The number of aromatic amines is 2. The second-order valence-corrected chi connectivity index (χ2v) is 13.0. The summed E-state index contributed by atoms with van der Waals surface area (Å²) < 4.78 is 0. The van der Waals surface area contributed by atoms with Crippen molar-refractivity contribution < 1.29 is 0 Å². The summed E-state index contributed by atoms with van der Waals surface area (Å²) in [5.41, 5.74) is 9.86. The molecular formula is C30H23N3S3. The number of aryl methyl sites for hydroxylation is 3. The number of H-pyrrole nitrogens is 2. The summed E-state index contributed by atoms with van der Waals surface area (Å²) in [4.78, 5) is 20.3. The van der Waals surface area contributed by atoms with Crippen LogP contribution in [0.2, 0.25) is 0 Å². The molecule has 6 bridgehead atoms. The molecule has 6 aromatic rings. The third kappa shape index (κ3) is 3.56. The summed E-state index contributed by atoms with van der Waals surface area (Å²) >= 11 is 5.45. The van der Waals surface area contributed by atoms with E-state index >= 15 is 0 Å². The quantitative estimate of drug-likeness (QED) is 0.239. The molecule has 0 aliphatic carbocycles. The molecule has 0 radical (unpaired) electrons.